The van der Waals surface area contributed by atoms with Crippen molar-refractivity contribution in [1.29, 1.82) is 0 Å². The topological polar surface area (TPSA) is 57.6 Å². The molecule has 1 N–H and O–H groups in total. The first-order valence-electron chi connectivity index (χ1n) is 5.88. The summed E-state index contributed by atoms with van der Waals surface area (Å²) in [7, 11) is -3.19. The average molecular weight is 283 g/mol. The number of aliphatic hydroxyl groups is 1. The van der Waals surface area contributed by atoms with Crippen molar-refractivity contribution in [3.05, 3.63) is 35.1 Å². The van der Waals surface area contributed by atoms with Crippen LogP contribution in [-0.4, -0.2) is 36.7 Å². The average Bonchev–Trinajstić information content (AvgIpc) is 2.65. The molecule has 0 radical (unpaired) electrons. The Morgan fingerprint density at radius 3 is 2.79 bits per heavy atom. The maximum atomic E-state index is 13.4. The van der Waals surface area contributed by atoms with Crippen LogP contribution in [0.2, 0.25) is 0 Å². The third-order valence-electron chi connectivity index (χ3n) is 2.83. The van der Waals surface area contributed by atoms with E-state index in [1.165, 1.54) is 16.4 Å². The second kappa shape index (κ2) is 5.70. The molecule has 1 fully saturated rings. The molecule has 0 bridgehead atoms. The van der Waals surface area contributed by atoms with E-state index in [-0.39, 0.29) is 18.9 Å². The smallest absolute Gasteiger partial charge is 0.214 e. The minimum atomic E-state index is -3.19. The number of aliphatic hydroxyl groups excluding tert-OH is 1. The van der Waals surface area contributed by atoms with Gasteiger partial charge < -0.3 is 5.11 Å². The number of nitrogens with zero attached hydrogens (tertiary/aromatic N) is 1. The van der Waals surface area contributed by atoms with Crippen LogP contribution in [0.4, 0.5) is 4.39 Å². The molecule has 1 aliphatic heterocycles. The lowest BCUT2D eigenvalue weighted by Crippen LogP contribution is -2.25. The molecule has 1 saturated heterocycles. The normalized spacial score (nSPS) is 18.0. The molecule has 19 heavy (non-hydrogen) atoms. The highest BCUT2D eigenvalue weighted by atomic mass is 32.2. The maximum Gasteiger partial charge on any atom is 0.214 e. The predicted molar refractivity (Wildman–Crippen MR) is 69.2 cm³/mol. The van der Waals surface area contributed by atoms with Gasteiger partial charge >= 0.3 is 0 Å². The highest BCUT2D eigenvalue weighted by Crippen LogP contribution is 2.18. The minimum absolute atomic E-state index is 0.152. The molecule has 1 aromatic carbocycles. The fourth-order valence-corrected chi connectivity index (χ4v) is 3.53. The molecular formula is C13H14FNO3S. The first-order valence-corrected chi connectivity index (χ1v) is 7.49. The third kappa shape index (κ3) is 3.53. The molecule has 0 atom stereocenters. The monoisotopic (exact) mass is 283 g/mol. The number of halogens is 1. The van der Waals surface area contributed by atoms with E-state index in [9.17, 15) is 12.8 Å². The summed E-state index contributed by atoms with van der Waals surface area (Å²) in [5.74, 6) is 4.74. The van der Waals surface area contributed by atoms with Gasteiger partial charge in [0.2, 0.25) is 10.0 Å². The van der Waals surface area contributed by atoms with Gasteiger partial charge in [0.15, 0.2) is 0 Å². The van der Waals surface area contributed by atoms with Crippen molar-refractivity contribution < 1.29 is 17.9 Å². The number of benzene rings is 1. The Hall–Kier alpha value is -1.42. The van der Waals surface area contributed by atoms with Crippen LogP contribution in [0.3, 0.4) is 0 Å². The van der Waals surface area contributed by atoms with Gasteiger partial charge in [-0.05, 0) is 30.2 Å². The molecule has 1 aliphatic rings. The van der Waals surface area contributed by atoms with Gasteiger partial charge in [-0.25, -0.2) is 12.8 Å². The van der Waals surface area contributed by atoms with Gasteiger partial charge in [-0.2, -0.15) is 4.31 Å². The number of hydrogen-bond acceptors (Lipinski definition) is 3. The molecule has 1 aromatic rings. The molecule has 102 valence electrons. The number of sulfonamides is 1. The van der Waals surface area contributed by atoms with Gasteiger partial charge in [0.05, 0.1) is 5.75 Å². The van der Waals surface area contributed by atoms with Crippen molar-refractivity contribution in [3.8, 4) is 11.8 Å². The first-order chi connectivity index (χ1) is 9.01. The highest BCUT2D eigenvalue weighted by Gasteiger charge is 2.28. The van der Waals surface area contributed by atoms with Gasteiger partial charge in [-0.3, -0.25) is 0 Å². The van der Waals surface area contributed by atoms with Crippen molar-refractivity contribution in [1.82, 2.24) is 4.31 Å². The molecule has 0 amide bonds. The van der Waals surface area contributed by atoms with Crippen LogP contribution in [0.25, 0.3) is 0 Å². The van der Waals surface area contributed by atoms with E-state index in [4.69, 9.17) is 5.11 Å². The predicted octanol–water partition coefficient (Wildman–Crippen LogP) is 0.705. The molecule has 0 aliphatic carbocycles. The van der Waals surface area contributed by atoms with Crippen LogP contribution >= 0.6 is 0 Å². The minimum Gasteiger partial charge on any atom is -0.384 e. The van der Waals surface area contributed by atoms with Crippen molar-refractivity contribution in [3.63, 3.8) is 0 Å². The molecule has 0 aromatic heterocycles. The van der Waals surface area contributed by atoms with Gasteiger partial charge in [0, 0.05) is 18.7 Å². The summed E-state index contributed by atoms with van der Waals surface area (Å²) in [4.78, 5) is 0. The lowest BCUT2D eigenvalue weighted by Gasteiger charge is -2.14. The van der Waals surface area contributed by atoms with E-state index < -0.39 is 15.8 Å². The summed E-state index contributed by atoms with van der Waals surface area (Å²) in [5, 5.41) is 8.61. The summed E-state index contributed by atoms with van der Waals surface area (Å²) in [6.45, 7) is 0.330. The molecular weight excluding hydrogens is 269 g/mol. The fraction of sp³-hybridized carbons (Fsp3) is 0.385. The van der Waals surface area contributed by atoms with E-state index in [1.807, 2.05) is 0 Å². The Morgan fingerprint density at radius 2 is 2.16 bits per heavy atom. The Morgan fingerprint density at radius 1 is 1.37 bits per heavy atom. The molecule has 0 saturated carbocycles. The molecule has 6 heteroatoms. The molecule has 0 unspecified atom stereocenters. The molecule has 4 nitrogen and oxygen atoms in total. The van der Waals surface area contributed by atoms with E-state index in [0.29, 0.717) is 24.1 Å². The van der Waals surface area contributed by atoms with Gasteiger partial charge in [0.1, 0.15) is 12.4 Å². The second-order valence-corrected chi connectivity index (χ2v) is 6.40. The van der Waals surface area contributed by atoms with Gasteiger partial charge in [0.25, 0.3) is 0 Å². The summed E-state index contributed by atoms with van der Waals surface area (Å²) in [5.41, 5.74) is 0.994. The Kier molecular flexibility index (Phi) is 4.20. The number of rotatable bonds is 2. The van der Waals surface area contributed by atoms with E-state index in [0.717, 1.165) is 0 Å². The Bertz CT molecular complexity index is 631. The molecule has 2 rings (SSSR count). The van der Waals surface area contributed by atoms with Crippen LogP contribution in [0.15, 0.2) is 18.2 Å². The molecule has 1 heterocycles. The Balaban J connectivity index is 2.23. The van der Waals surface area contributed by atoms with Crippen molar-refractivity contribution in [2.45, 2.75) is 13.0 Å². The Labute approximate surface area is 111 Å². The SMILES string of the molecule is O=S1(=O)CCCN1Cc1cc(F)cc(C#CCO)c1. The zero-order chi connectivity index (χ0) is 13.9. The fourth-order valence-electron chi connectivity index (χ4n) is 2.03. The van der Waals surface area contributed by atoms with Crippen molar-refractivity contribution in [2.75, 3.05) is 18.9 Å². The zero-order valence-corrected chi connectivity index (χ0v) is 11.1. The van der Waals surface area contributed by atoms with Crippen molar-refractivity contribution in [2.24, 2.45) is 0 Å². The van der Waals surface area contributed by atoms with Crippen LogP contribution < -0.4 is 0 Å². The summed E-state index contributed by atoms with van der Waals surface area (Å²) in [6, 6.07) is 4.20. The number of hydrogen-bond donors (Lipinski definition) is 1. The lowest BCUT2D eigenvalue weighted by atomic mass is 10.1. The lowest BCUT2D eigenvalue weighted by molar-refractivity contribution is 0.350. The second-order valence-electron chi connectivity index (χ2n) is 4.31. The standard InChI is InChI=1S/C13H14FNO3S/c14-13-8-11(3-1-5-16)7-12(9-13)10-15-4-2-6-19(15,17)18/h7-9,16H,2,4-6,10H2. The maximum absolute atomic E-state index is 13.4. The van der Waals surface area contributed by atoms with Crippen LogP contribution in [-0.2, 0) is 16.6 Å². The highest BCUT2D eigenvalue weighted by molar-refractivity contribution is 7.89. The van der Waals surface area contributed by atoms with E-state index in [2.05, 4.69) is 11.8 Å². The van der Waals surface area contributed by atoms with Gasteiger partial charge in [-0.15, -0.1) is 0 Å². The first kappa shape index (κ1) is 14.0. The third-order valence-corrected chi connectivity index (χ3v) is 4.73. The van der Waals surface area contributed by atoms with E-state index in [1.54, 1.807) is 6.07 Å². The van der Waals surface area contributed by atoms with Crippen LogP contribution in [0.1, 0.15) is 17.5 Å². The molecule has 0 spiro atoms. The van der Waals surface area contributed by atoms with Gasteiger partial charge in [-0.1, -0.05) is 11.8 Å². The summed E-state index contributed by atoms with van der Waals surface area (Å²) in [6.07, 6.45) is 0.606. The van der Waals surface area contributed by atoms with Crippen LogP contribution in [0.5, 0.6) is 0 Å². The van der Waals surface area contributed by atoms with E-state index >= 15 is 0 Å². The summed E-state index contributed by atoms with van der Waals surface area (Å²) >= 11 is 0. The largest absolute Gasteiger partial charge is 0.384 e. The van der Waals surface area contributed by atoms with Crippen LogP contribution in [0, 0.1) is 17.7 Å². The van der Waals surface area contributed by atoms with Crippen molar-refractivity contribution >= 4 is 10.0 Å². The zero-order valence-electron chi connectivity index (χ0n) is 10.3. The quantitative estimate of drug-likeness (QED) is 0.813. The summed E-state index contributed by atoms with van der Waals surface area (Å²) < 4.78 is 38.1.